The van der Waals surface area contributed by atoms with Gasteiger partial charge in [-0.05, 0) is 100 Å². The molecule has 0 spiro atoms. The van der Waals surface area contributed by atoms with Gasteiger partial charge in [-0.3, -0.25) is 33.6 Å². The van der Waals surface area contributed by atoms with Gasteiger partial charge in [-0.15, -0.1) is 68.4 Å². The fourth-order valence-corrected chi connectivity index (χ4v) is 25.0. The summed E-state index contributed by atoms with van der Waals surface area (Å²) in [6.45, 7) is 32.5. The summed E-state index contributed by atoms with van der Waals surface area (Å²) in [5, 5.41) is 22.0. The molecule has 1 aliphatic rings. The highest BCUT2D eigenvalue weighted by Gasteiger charge is 2.47. The number of benzene rings is 2. The highest BCUT2D eigenvalue weighted by molar-refractivity contribution is 8.00. The fraction of sp³-hybridized carbons (Fsp3) is 0.440. The molecule has 9 rings (SSSR count). The molecule has 0 aliphatic carbocycles. The van der Waals surface area contributed by atoms with Crippen LogP contribution in [0.1, 0.15) is 184 Å². The number of nitrogens with one attached hydrogen (secondary N) is 5. The third-order valence-corrected chi connectivity index (χ3v) is 36.2. The normalized spacial score (nSPS) is 16.9. The molecule has 0 unspecified atom stereocenters. The van der Waals surface area contributed by atoms with E-state index in [4.69, 9.17) is 53.9 Å². The van der Waals surface area contributed by atoms with E-state index in [0.29, 0.717) is 0 Å². The zero-order valence-electron chi connectivity index (χ0n) is 65.3. The number of carbonyl (C=O) groups excluding carboxylic acids is 8. The van der Waals surface area contributed by atoms with Gasteiger partial charge in [0.2, 0.25) is 17.7 Å². The van der Waals surface area contributed by atoms with Crippen molar-refractivity contribution >= 4 is 148 Å². The summed E-state index contributed by atoms with van der Waals surface area (Å²) in [4.78, 5) is 143. The second kappa shape index (κ2) is 36.9. The first-order valence-electron chi connectivity index (χ1n) is 36.0. The monoisotopic (exact) mass is 1700 g/mol. The third-order valence-electron chi connectivity index (χ3n) is 18.8. The highest BCUT2D eigenvalue weighted by atomic mass is 32.2. The summed E-state index contributed by atoms with van der Waals surface area (Å²) >= 11 is 6.03. The van der Waals surface area contributed by atoms with Gasteiger partial charge in [0.1, 0.15) is 94.6 Å². The van der Waals surface area contributed by atoms with E-state index in [9.17, 15) is 46.8 Å². The lowest BCUT2D eigenvalue weighted by atomic mass is 10.1. The predicted molar refractivity (Wildman–Crippen MR) is 441 cm³/mol. The molecule has 6 aromatic heterocycles. The Balaban J connectivity index is 1.21. The van der Waals surface area contributed by atoms with Crippen molar-refractivity contribution in [3.63, 3.8) is 0 Å². The minimum absolute atomic E-state index is 0.000673. The average Bonchev–Trinajstić information content (AvgIpc) is 1.54. The van der Waals surface area contributed by atoms with E-state index in [1.807, 2.05) is 64.2 Å². The van der Waals surface area contributed by atoms with Crippen molar-refractivity contribution in [1.29, 1.82) is 0 Å². The van der Waals surface area contributed by atoms with Crippen LogP contribution >= 0.6 is 68.4 Å². The lowest BCUT2D eigenvalue weighted by Crippen LogP contribution is -2.54. The smallest absolute Gasteiger partial charge is 0.339 e. The Morgan fingerprint density at radius 2 is 1.25 bits per heavy atom. The Bertz CT molecular complexity index is 4870. The van der Waals surface area contributed by atoms with Crippen LogP contribution in [0.25, 0.3) is 38.4 Å². The molecule has 0 radical (unpaired) electrons. The van der Waals surface area contributed by atoms with Gasteiger partial charge >= 0.3 is 16.1 Å². The first kappa shape index (κ1) is 87.6. The van der Waals surface area contributed by atoms with E-state index in [0.717, 1.165) is 79.6 Å². The summed E-state index contributed by atoms with van der Waals surface area (Å²) in [5.74, 6) is -6.67. The van der Waals surface area contributed by atoms with E-state index in [1.165, 1.54) is 39.7 Å². The van der Waals surface area contributed by atoms with Crippen molar-refractivity contribution in [3.05, 3.63) is 143 Å². The number of carbonyl (C=O) groups is 8. The molecular formula is C75H95N13O15S7Si2. The van der Waals surface area contributed by atoms with Crippen LogP contribution in [0.4, 0.5) is 0 Å². The number of aromatic nitrogens is 6. The number of amides is 7. The van der Waals surface area contributed by atoms with E-state index >= 15 is 0 Å². The van der Waals surface area contributed by atoms with Crippen LogP contribution in [-0.2, 0) is 54.2 Å². The number of aryl methyl sites for hydroxylation is 1. The molecule has 2 aromatic carbocycles. The average molecular weight is 1700 g/mol. The Morgan fingerprint density at radius 1 is 0.688 bits per heavy atom. The molecule has 6 atom stereocenters. The maximum atomic E-state index is 15.0. The van der Waals surface area contributed by atoms with Crippen LogP contribution in [0.5, 0.6) is 5.75 Å². The molecule has 8 bridgehead atoms. The van der Waals surface area contributed by atoms with Crippen LogP contribution in [-0.4, -0.2) is 150 Å². The molecule has 7 amide bonds. The quantitative estimate of drug-likeness (QED) is 0.0150. The maximum absolute atomic E-state index is 15.0. The number of primary amides is 2. The number of ether oxygens (including phenoxy) is 2. The molecule has 8 aromatic rings. The van der Waals surface area contributed by atoms with Crippen molar-refractivity contribution in [2.24, 2.45) is 11.5 Å². The minimum atomic E-state index is -4.76. The zero-order chi connectivity index (χ0) is 82.1. The molecule has 37 heteroatoms. The lowest BCUT2D eigenvalue weighted by Gasteiger charge is -2.42. The second-order valence-electron chi connectivity index (χ2n) is 30.2. The van der Waals surface area contributed by atoms with E-state index in [1.54, 1.807) is 65.1 Å². The summed E-state index contributed by atoms with van der Waals surface area (Å²) in [7, 11) is -10.2. The number of thiazole rings is 5. The number of hydrogen-bond acceptors (Lipinski definition) is 27. The van der Waals surface area contributed by atoms with Crippen LogP contribution in [0.15, 0.2) is 98.5 Å². The van der Waals surface area contributed by atoms with Gasteiger partial charge in [0.25, 0.3) is 23.6 Å². The summed E-state index contributed by atoms with van der Waals surface area (Å²) in [6, 6.07) is 11.4. The largest absolute Gasteiger partial charge is 0.459 e. The molecule has 0 saturated carbocycles. The number of thioether (sulfide) groups is 1. The number of hydrogen-bond donors (Lipinski definition) is 7. The Morgan fingerprint density at radius 3 is 1.85 bits per heavy atom. The van der Waals surface area contributed by atoms with Gasteiger partial charge in [0.15, 0.2) is 22.4 Å². The molecular weight excluding hydrogens is 1600 g/mol. The highest BCUT2D eigenvalue weighted by Crippen LogP contribution is 2.45. The fourth-order valence-electron chi connectivity index (χ4n) is 12.3. The van der Waals surface area contributed by atoms with E-state index < -0.39 is 127 Å². The summed E-state index contributed by atoms with van der Waals surface area (Å²) < 4.78 is 61.3. The number of allylic oxidation sites excluding steroid dienone is 1. The Labute approximate surface area is 678 Å². The van der Waals surface area contributed by atoms with Gasteiger partial charge < -0.3 is 60.6 Å². The molecule has 9 N–H and O–H groups in total. The number of fused-ring (bicyclic) bond motifs is 11. The maximum Gasteiger partial charge on any atom is 0.339 e. The van der Waals surface area contributed by atoms with Gasteiger partial charge in [-0.25, -0.2) is 34.7 Å². The van der Waals surface area contributed by atoms with Gasteiger partial charge in [-0.2, -0.15) is 8.42 Å². The number of nitrogens with two attached hydrogens (primary N) is 2. The topological polar surface area (TPSA) is 406 Å². The van der Waals surface area contributed by atoms with Crippen LogP contribution < -0.4 is 42.2 Å². The van der Waals surface area contributed by atoms with Crippen LogP contribution in [0.3, 0.4) is 0 Å². The van der Waals surface area contributed by atoms with Crippen molar-refractivity contribution in [3.8, 4) is 38.4 Å². The SMILES string of the molecule is C/C=C1\NC(=O)[C@H]([C@@H](C)OC(C)(C)C)NC(=O)c2csc(n2)-c2cc(OS(=O)(=O)c3ccc(C)cc3)c(-c3nc(C(=O)N[C@@H](CO[Si](C(C)C)(C(C)C)C(C)C)C(N)=O)cs3)nc2-c2csc(n2)[C@H](CSCC(N)=O)NC(=O)c2csc(n2)[C@H](C[C@H](O[Si](C)(C)C(C)(C)C)C(=O)OCc2ccccc2)NC(=O)c2csc1n2. The molecule has 0 fully saturated rings. The molecule has 600 valence electrons. The van der Waals surface area contributed by atoms with Crippen LogP contribution in [0.2, 0.25) is 34.8 Å². The first-order valence-corrected chi connectivity index (χ1v) is 48.0. The minimum Gasteiger partial charge on any atom is -0.459 e. The molecule has 0 saturated heterocycles. The number of rotatable bonds is 26. The Kier molecular flexibility index (Phi) is 28.8. The molecule has 1 aliphatic heterocycles. The predicted octanol–water partition coefficient (Wildman–Crippen LogP) is 12.7. The summed E-state index contributed by atoms with van der Waals surface area (Å²) in [5.41, 5.74) is 12.1. The van der Waals surface area contributed by atoms with Crippen molar-refractivity contribution in [2.75, 3.05) is 18.1 Å². The van der Waals surface area contributed by atoms with Crippen molar-refractivity contribution < 1.29 is 69.3 Å². The van der Waals surface area contributed by atoms with E-state index in [2.05, 4.69) is 78.1 Å². The van der Waals surface area contributed by atoms with E-state index in [-0.39, 0.29) is 129 Å². The number of esters is 1. The van der Waals surface area contributed by atoms with Gasteiger partial charge in [0.05, 0.1) is 41.8 Å². The van der Waals surface area contributed by atoms with Gasteiger partial charge in [0, 0.05) is 44.6 Å². The van der Waals surface area contributed by atoms with Gasteiger partial charge in [-0.1, -0.05) is 116 Å². The second-order valence-corrected chi connectivity index (χ2v) is 47.3. The lowest BCUT2D eigenvalue weighted by molar-refractivity contribution is -0.154. The molecule has 7 heterocycles. The zero-order valence-corrected chi connectivity index (χ0v) is 73.0. The number of pyridine rings is 1. The standard InChI is InChI=1S/C75H95N13O15S7Si2/c1-18-47-69-84-51(35-107-69)63(91)79-48(29-57(103-111(16,17)75(13,14)15)73(96)99-30-44-22-20-19-21-23-44)70-85-52(36-108-70)65(93)81-55(32-104-38-58(76)89)71-82-50(33-106-71)60-46(68-83-54(34-105-68)66(94)88-59(67(95)78-47)43(9)101-74(10,11)12)28-56(102-110(97,98)45-26-24-42(8)25-27-45)61(87-60)72-86-53(37-109-72)64(92)80-49(62(77)90)31-100-112(39(2)3,40(4)5)41(6)7/h18-28,33-37,39-41,43,48-49,55,57,59H,29-32,38H2,1-17H3,(H2,76,89)(H2,77,90)(H,78,95)(H,79,91)(H,80,92)(H,81,93)(H,88,94)/b47-18-/t43-,48+,49+,55+,57+,59+/m1/s1. The molecule has 28 nitrogen and oxygen atoms in total. The molecule has 112 heavy (non-hydrogen) atoms. The summed E-state index contributed by atoms with van der Waals surface area (Å²) in [6.07, 6.45) is -0.976. The third kappa shape index (κ3) is 21.7. The number of nitrogens with zero attached hydrogens (tertiary/aromatic N) is 6. The van der Waals surface area contributed by atoms with Crippen molar-refractivity contribution in [1.82, 2.24) is 56.5 Å². The first-order chi connectivity index (χ1) is 52.6. The van der Waals surface area contributed by atoms with Crippen LogP contribution in [0, 0.1) is 6.92 Å². The van der Waals surface area contributed by atoms with Crippen molar-refractivity contribution in [2.45, 2.75) is 199 Å². The Hall–Kier alpha value is -8.35.